The number of rotatable bonds is 8. The number of hydrogen-bond donors (Lipinski definition) is 3. The van der Waals surface area contributed by atoms with Crippen LogP contribution < -0.4 is 15.5 Å². The molecule has 8 nitrogen and oxygen atoms in total. The Morgan fingerprint density at radius 2 is 2.03 bits per heavy atom. The summed E-state index contributed by atoms with van der Waals surface area (Å²) >= 11 is 0. The van der Waals surface area contributed by atoms with E-state index in [0.717, 1.165) is 54.0 Å². The van der Waals surface area contributed by atoms with Gasteiger partial charge in [-0.25, -0.2) is 4.98 Å². The first-order valence-electron chi connectivity index (χ1n) is 12.6. The Kier molecular flexibility index (Phi) is 6.23. The van der Waals surface area contributed by atoms with E-state index in [1.165, 1.54) is 12.1 Å². The standard InChI is InChI=1S/C27H34N6O2/c1-4-27(3,35)17-32(5-2)18-9-12-24(28-14-18)31-22-11-10-19(21-15-29-26(34)25(21)22)20-16-30-33-13-7-6-8-23(20)33/h9-12,14,16,35H,4-8,13,15,17H2,1-3H3,(H,28,31)(H,29,34)/t27-/m0/s1. The van der Waals surface area contributed by atoms with Gasteiger partial charge in [0.15, 0.2) is 0 Å². The lowest BCUT2D eigenvalue weighted by Crippen LogP contribution is -2.40. The average Bonchev–Trinajstić information content (AvgIpc) is 3.48. The third-order valence-corrected chi connectivity index (χ3v) is 7.29. The number of amides is 1. The molecule has 35 heavy (non-hydrogen) atoms. The quantitative estimate of drug-likeness (QED) is 0.452. The zero-order valence-corrected chi connectivity index (χ0v) is 20.8. The zero-order chi connectivity index (χ0) is 24.6. The van der Waals surface area contributed by atoms with Crippen LogP contribution in [0.2, 0.25) is 0 Å². The SMILES string of the molecule is CCN(C[C@@](C)(O)CC)c1ccc(Nc2ccc(-c3cnn4c3CCCC4)c3c2C(=O)NC3)nc1. The number of nitrogens with one attached hydrogen (secondary N) is 2. The van der Waals surface area contributed by atoms with Crippen molar-refractivity contribution in [2.75, 3.05) is 23.3 Å². The number of anilines is 3. The number of hydrogen-bond acceptors (Lipinski definition) is 6. The van der Waals surface area contributed by atoms with Gasteiger partial charge in [0, 0.05) is 37.4 Å². The van der Waals surface area contributed by atoms with Crippen LogP contribution in [0, 0.1) is 0 Å². The second-order valence-corrected chi connectivity index (χ2v) is 9.77. The Labute approximate surface area is 206 Å². The average molecular weight is 475 g/mol. The molecule has 8 heteroatoms. The van der Waals surface area contributed by atoms with Gasteiger partial charge in [-0.3, -0.25) is 9.48 Å². The number of pyridine rings is 1. The van der Waals surface area contributed by atoms with Crippen LogP contribution in [0.3, 0.4) is 0 Å². The number of likely N-dealkylation sites (N-methyl/N-ethyl adjacent to an activating group) is 1. The van der Waals surface area contributed by atoms with E-state index >= 15 is 0 Å². The minimum atomic E-state index is -0.752. The molecule has 0 unspecified atom stereocenters. The fraction of sp³-hybridized carbons (Fsp3) is 0.444. The van der Waals surface area contributed by atoms with Crippen LogP contribution in [0.25, 0.3) is 11.1 Å². The fourth-order valence-corrected chi connectivity index (χ4v) is 5.04. The van der Waals surface area contributed by atoms with Crippen LogP contribution in [-0.4, -0.2) is 44.5 Å². The van der Waals surface area contributed by atoms with Crippen molar-refractivity contribution in [3.8, 4) is 11.1 Å². The molecule has 0 saturated carbocycles. The number of carbonyl (C=O) groups is 1. The zero-order valence-electron chi connectivity index (χ0n) is 20.8. The van der Waals surface area contributed by atoms with Gasteiger partial charge >= 0.3 is 0 Å². The number of nitrogens with zero attached hydrogens (tertiary/aromatic N) is 4. The summed E-state index contributed by atoms with van der Waals surface area (Å²) in [6.07, 6.45) is 7.79. The fourth-order valence-electron chi connectivity index (χ4n) is 5.04. The Bertz CT molecular complexity index is 1230. The normalized spacial score (nSPS) is 16.3. The first kappa shape index (κ1) is 23.4. The van der Waals surface area contributed by atoms with Gasteiger partial charge in [0.2, 0.25) is 0 Å². The smallest absolute Gasteiger partial charge is 0.254 e. The second-order valence-electron chi connectivity index (χ2n) is 9.77. The molecule has 2 aliphatic heterocycles. The van der Waals surface area contributed by atoms with E-state index in [4.69, 9.17) is 0 Å². The highest BCUT2D eigenvalue weighted by Crippen LogP contribution is 2.37. The Morgan fingerprint density at radius 1 is 1.17 bits per heavy atom. The highest BCUT2D eigenvalue weighted by molar-refractivity contribution is 6.06. The molecule has 0 fully saturated rings. The lowest BCUT2D eigenvalue weighted by atomic mass is 9.94. The Balaban J connectivity index is 1.41. The van der Waals surface area contributed by atoms with E-state index in [2.05, 4.69) is 43.3 Å². The molecule has 0 spiro atoms. The molecule has 0 aliphatic carbocycles. The Hall–Kier alpha value is -3.39. The molecule has 2 aromatic heterocycles. The molecule has 3 aromatic rings. The van der Waals surface area contributed by atoms with Crippen molar-refractivity contribution in [2.45, 2.75) is 65.1 Å². The van der Waals surface area contributed by atoms with Crippen molar-refractivity contribution in [2.24, 2.45) is 0 Å². The maximum atomic E-state index is 12.8. The van der Waals surface area contributed by atoms with Crippen LogP contribution in [0.4, 0.5) is 17.2 Å². The molecule has 4 heterocycles. The van der Waals surface area contributed by atoms with Gasteiger partial charge in [-0.1, -0.05) is 13.0 Å². The molecule has 1 aromatic carbocycles. The molecule has 3 N–H and O–H groups in total. The van der Waals surface area contributed by atoms with E-state index in [1.807, 2.05) is 44.4 Å². The number of aromatic nitrogens is 3. The van der Waals surface area contributed by atoms with Crippen LogP contribution in [0.5, 0.6) is 0 Å². The summed E-state index contributed by atoms with van der Waals surface area (Å²) in [6, 6.07) is 7.98. The third kappa shape index (κ3) is 4.50. The van der Waals surface area contributed by atoms with Crippen molar-refractivity contribution in [1.29, 1.82) is 0 Å². The van der Waals surface area contributed by atoms with Crippen molar-refractivity contribution in [1.82, 2.24) is 20.1 Å². The van der Waals surface area contributed by atoms with Crippen molar-refractivity contribution >= 4 is 23.1 Å². The second kappa shape index (κ2) is 9.34. The van der Waals surface area contributed by atoms with Gasteiger partial charge in [0.05, 0.1) is 34.9 Å². The van der Waals surface area contributed by atoms with Gasteiger partial charge in [0.1, 0.15) is 5.82 Å². The van der Waals surface area contributed by atoms with E-state index in [-0.39, 0.29) is 5.91 Å². The van der Waals surface area contributed by atoms with E-state index in [0.29, 0.717) is 30.9 Å². The summed E-state index contributed by atoms with van der Waals surface area (Å²) in [7, 11) is 0. The molecule has 0 saturated heterocycles. The van der Waals surface area contributed by atoms with Gasteiger partial charge in [-0.2, -0.15) is 5.10 Å². The molecule has 0 radical (unpaired) electrons. The van der Waals surface area contributed by atoms with Crippen molar-refractivity contribution in [3.05, 3.63) is 53.5 Å². The van der Waals surface area contributed by atoms with E-state index < -0.39 is 5.60 Å². The minimum absolute atomic E-state index is 0.0686. The molecule has 184 valence electrons. The highest BCUT2D eigenvalue weighted by Gasteiger charge is 2.28. The number of aryl methyl sites for hydroxylation is 1. The molecule has 2 aliphatic rings. The highest BCUT2D eigenvalue weighted by atomic mass is 16.3. The number of benzene rings is 1. The predicted molar refractivity (Wildman–Crippen MR) is 138 cm³/mol. The first-order valence-corrected chi connectivity index (χ1v) is 12.6. The summed E-state index contributed by atoms with van der Waals surface area (Å²) in [4.78, 5) is 19.5. The largest absolute Gasteiger partial charge is 0.388 e. The molecule has 5 rings (SSSR count). The summed E-state index contributed by atoms with van der Waals surface area (Å²) in [6.45, 7) is 8.70. The predicted octanol–water partition coefficient (Wildman–Crippen LogP) is 4.26. The summed E-state index contributed by atoms with van der Waals surface area (Å²) in [5, 5.41) is 21.4. The summed E-state index contributed by atoms with van der Waals surface area (Å²) in [5.74, 6) is 0.602. The number of carbonyl (C=O) groups excluding carboxylic acids is 1. The lowest BCUT2D eigenvalue weighted by molar-refractivity contribution is 0.0632. The first-order chi connectivity index (χ1) is 16.9. The topological polar surface area (TPSA) is 95.3 Å². The maximum Gasteiger partial charge on any atom is 0.254 e. The van der Waals surface area contributed by atoms with Crippen LogP contribution in [0.1, 0.15) is 61.6 Å². The van der Waals surface area contributed by atoms with Gasteiger partial charge in [0.25, 0.3) is 5.91 Å². The van der Waals surface area contributed by atoms with Gasteiger partial charge in [-0.15, -0.1) is 0 Å². The molecule has 0 bridgehead atoms. The molecular formula is C27H34N6O2. The minimum Gasteiger partial charge on any atom is -0.388 e. The van der Waals surface area contributed by atoms with Crippen LogP contribution in [-0.2, 0) is 19.5 Å². The summed E-state index contributed by atoms with van der Waals surface area (Å²) in [5.41, 5.74) is 6.12. The van der Waals surface area contributed by atoms with E-state index in [1.54, 1.807) is 0 Å². The Morgan fingerprint density at radius 3 is 2.77 bits per heavy atom. The number of fused-ring (bicyclic) bond motifs is 2. The van der Waals surface area contributed by atoms with Gasteiger partial charge < -0.3 is 20.6 Å². The number of aliphatic hydroxyl groups is 1. The lowest BCUT2D eigenvalue weighted by Gasteiger charge is -2.31. The molecular weight excluding hydrogens is 440 g/mol. The van der Waals surface area contributed by atoms with Crippen LogP contribution >= 0.6 is 0 Å². The van der Waals surface area contributed by atoms with Crippen molar-refractivity contribution < 1.29 is 9.90 Å². The van der Waals surface area contributed by atoms with Gasteiger partial charge in [-0.05, 0) is 68.9 Å². The van der Waals surface area contributed by atoms with E-state index in [9.17, 15) is 9.90 Å². The molecule has 1 amide bonds. The third-order valence-electron chi connectivity index (χ3n) is 7.29. The maximum absolute atomic E-state index is 12.8. The van der Waals surface area contributed by atoms with Crippen molar-refractivity contribution in [3.63, 3.8) is 0 Å². The summed E-state index contributed by atoms with van der Waals surface area (Å²) < 4.78 is 2.10. The molecule has 1 atom stereocenters. The van der Waals surface area contributed by atoms with Crippen LogP contribution in [0.15, 0.2) is 36.7 Å². The monoisotopic (exact) mass is 474 g/mol.